The molecule has 4 rings (SSSR count). The lowest BCUT2D eigenvalue weighted by atomic mass is 9.94. The Bertz CT molecular complexity index is 1170. The summed E-state index contributed by atoms with van der Waals surface area (Å²) in [6.07, 6.45) is 2.89. The topological polar surface area (TPSA) is 69.0 Å². The molecule has 0 aliphatic carbocycles. The van der Waals surface area contributed by atoms with Crippen molar-refractivity contribution < 1.29 is 9.18 Å². The number of hydrogen-bond acceptors (Lipinski definition) is 4. The Hall–Kier alpha value is -3.17. The van der Waals surface area contributed by atoms with Crippen LogP contribution >= 0.6 is 11.6 Å². The van der Waals surface area contributed by atoms with Crippen LogP contribution < -0.4 is 10.2 Å². The molecule has 0 unspecified atom stereocenters. The quantitative estimate of drug-likeness (QED) is 0.640. The molecule has 0 spiro atoms. The molecule has 2 heterocycles. The lowest BCUT2D eigenvalue weighted by molar-refractivity contribution is -0.120. The van der Waals surface area contributed by atoms with Crippen LogP contribution in [-0.4, -0.2) is 24.0 Å². The van der Waals surface area contributed by atoms with Gasteiger partial charge in [0.2, 0.25) is 5.91 Å². The van der Waals surface area contributed by atoms with Crippen molar-refractivity contribution in [3.63, 3.8) is 0 Å². The molecule has 5 nitrogen and oxygen atoms in total. The minimum absolute atomic E-state index is 0.0226. The van der Waals surface area contributed by atoms with Gasteiger partial charge in [-0.3, -0.25) is 9.78 Å². The first-order chi connectivity index (χ1) is 14.5. The van der Waals surface area contributed by atoms with Crippen LogP contribution in [0.4, 0.5) is 15.8 Å². The SMILES string of the molecule is Cc1ccc2ncc(C#N)c(N3CCC(C(=O)Nc4ccc(Cl)c(F)c4)CC3)c2c1. The van der Waals surface area contributed by atoms with Gasteiger partial charge in [0.1, 0.15) is 11.9 Å². The van der Waals surface area contributed by atoms with Gasteiger partial charge >= 0.3 is 0 Å². The maximum Gasteiger partial charge on any atom is 0.227 e. The van der Waals surface area contributed by atoms with E-state index in [2.05, 4.69) is 21.3 Å². The number of carbonyl (C=O) groups excluding carboxylic acids is 1. The van der Waals surface area contributed by atoms with Crippen molar-refractivity contribution in [1.82, 2.24) is 4.98 Å². The predicted octanol–water partition coefficient (Wildman–Crippen LogP) is 5.06. The Labute approximate surface area is 179 Å². The van der Waals surface area contributed by atoms with Crippen LogP contribution in [0.1, 0.15) is 24.0 Å². The van der Waals surface area contributed by atoms with Crippen molar-refractivity contribution in [3.8, 4) is 6.07 Å². The van der Waals surface area contributed by atoms with Crippen molar-refractivity contribution in [2.75, 3.05) is 23.3 Å². The molecule has 152 valence electrons. The highest BCUT2D eigenvalue weighted by molar-refractivity contribution is 6.30. The summed E-state index contributed by atoms with van der Waals surface area (Å²) in [4.78, 5) is 19.2. The molecule has 0 atom stereocenters. The van der Waals surface area contributed by atoms with Gasteiger partial charge in [0, 0.05) is 36.3 Å². The van der Waals surface area contributed by atoms with E-state index in [4.69, 9.17) is 11.6 Å². The molecule has 1 N–H and O–H groups in total. The number of benzene rings is 2. The highest BCUT2D eigenvalue weighted by Gasteiger charge is 2.27. The number of nitriles is 1. The molecule has 7 heteroatoms. The van der Waals surface area contributed by atoms with Crippen LogP contribution in [0, 0.1) is 30.0 Å². The Morgan fingerprint density at radius 1 is 1.27 bits per heavy atom. The number of aromatic nitrogens is 1. The first kappa shape index (κ1) is 20.1. The van der Waals surface area contributed by atoms with Crippen molar-refractivity contribution in [1.29, 1.82) is 5.26 Å². The fraction of sp³-hybridized carbons (Fsp3) is 0.261. The van der Waals surface area contributed by atoms with E-state index in [1.54, 1.807) is 12.3 Å². The number of halogens is 2. The summed E-state index contributed by atoms with van der Waals surface area (Å²) in [5, 5.41) is 13.4. The Balaban J connectivity index is 1.51. The molecular formula is C23H20ClFN4O. The second kappa shape index (κ2) is 8.29. The number of carbonyl (C=O) groups is 1. The summed E-state index contributed by atoms with van der Waals surface area (Å²) in [5.41, 5.74) is 3.76. The smallest absolute Gasteiger partial charge is 0.227 e. The predicted molar refractivity (Wildman–Crippen MR) is 116 cm³/mol. The van der Waals surface area contributed by atoms with Gasteiger partial charge in [0.25, 0.3) is 0 Å². The fourth-order valence-corrected chi connectivity index (χ4v) is 4.02. The number of fused-ring (bicyclic) bond motifs is 1. The number of amides is 1. The Morgan fingerprint density at radius 3 is 2.73 bits per heavy atom. The second-order valence-corrected chi connectivity index (χ2v) is 7.94. The van der Waals surface area contributed by atoms with Crippen molar-refractivity contribution in [2.24, 2.45) is 5.92 Å². The largest absolute Gasteiger partial charge is 0.370 e. The van der Waals surface area contributed by atoms with E-state index in [1.165, 1.54) is 12.1 Å². The zero-order valence-electron chi connectivity index (χ0n) is 16.5. The van der Waals surface area contributed by atoms with Crippen LogP contribution in [0.3, 0.4) is 0 Å². The minimum atomic E-state index is -0.562. The molecule has 1 fully saturated rings. The van der Waals surface area contributed by atoms with E-state index >= 15 is 0 Å². The summed E-state index contributed by atoms with van der Waals surface area (Å²) in [6.45, 7) is 3.31. The number of anilines is 2. The van der Waals surface area contributed by atoms with Crippen LogP contribution in [-0.2, 0) is 4.79 Å². The molecule has 0 saturated carbocycles. The molecule has 2 aromatic carbocycles. The number of nitrogens with one attached hydrogen (secondary N) is 1. The van der Waals surface area contributed by atoms with Gasteiger partial charge in [-0.1, -0.05) is 23.2 Å². The first-order valence-electron chi connectivity index (χ1n) is 9.76. The van der Waals surface area contributed by atoms with E-state index < -0.39 is 5.82 Å². The van der Waals surface area contributed by atoms with E-state index in [-0.39, 0.29) is 16.8 Å². The number of hydrogen-bond donors (Lipinski definition) is 1. The van der Waals surface area contributed by atoms with Gasteiger partial charge in [-0.05, 0) is 50.1 Å². The number of rotatable bonds is 3. The van der Waals surface area contributed by atoms with Gasteiger partial charge in [-0.15, -0.1) is 0 Å². The summed E-state index contributed by atoms with van der Waals surface area (Å²) in [6, 6.07) is 12.5. The third-order valence-electron chi connectivity index (χ3n) is 5.48. The Morgan fingerprint density at radius 2 is 2.03 bits per heavy atom. The zero-order chi connectivity index (χ0) is 21.3. The standard InChI is InChI=1S/C23H20ClFN4O/c1-14-2-5-21-18(10-14)22(16(12-26)13-27-21)29-8-6-15(7-9-29)23(30)28-17-3-4-19(24)20(25)11-17/h2-5,10-11,13,15H,6-9H2,1H3,(H,28,30). The fourth-order valence-electron chi connectivity index (χ4n) is 3.90. The lowest BCUT2D eigenvalue weighted by Crippen LogP contribution is -2.38. The van der Waals surface area contributed by atoms with E-state index in [1.807, 2.05) is 25.1 Å². The van der Waals surface area contributed by atoms with Crippen molar-refractivity contribution in [3.05, 3.63) is 64.6 Å². The molecule has 1 aliphatic rings. The highest BCUT2D eigenvalue weighted by Crippen LogP contribution is 2.33. The lowest BCUT2D eigenvalue weighted by Gasteiger charge is -2.34. The van der Waals surface area contributed by atoms with E-state index in [0.717, 1.165) is 22.2 Å². The van der Waals surface area contributed by atoms with E-state index in [0.29, 0.717) is 37.2 Å². The summed E-state index contributed by atoms with van der Waals surface area (Å²) < 4.78 is 13.6. The van der Waals surface area contributed by atoms with Crippen LogP contribution in [0.2, 0.25) is 5.02 Å². The number of pyridine rings is 1. The van der Waals surface area contributed by atoms with Gasteiger partial charge in [0.15, 0.2) is 0 Å². The van der Waals surface area contributed by atoms with Gasteiger partial charge in [0.05, 0.1) is 21.8 Å². The molecule has 0 bridgehead atoms. The zero-order valence-corrected chi connectivity index (χ0v) is 17.2. The molecule has 0 radical (unpaired) electrons. The van der Waals surface area contributed by atoms with Gasteiger partial charge < -0.3 is 10.2 Å². The first-order valence-corrected chi connectivity index (χ1v) is 10.1. The summed E-state index contributed by atoms with van der Waals surface area (Å²) >= 11 is 5.70. The Kier molecular flexibility index (Phi) is 5.56. The van der Waals surface area contributed by atoms with Crippen LogP contribution in [0.15, 0.2) is 42.6 Å². The molecule has 3 aromatic rings. The van der Waals surface area contributed by atoms with Crippen molar-refractivity contribution >= 4 is 39.8 Å². The van der Waals surface area contributed by atoms with Crippen LogP contribution in [0.25, 0.3) is 10.9 Å². The highest BCUT2D eigenvalue weighted by atomic mass is 35.5. The average molecular weight is 423 g/mol. The number of nitrogens with zero attached hydrogens (tertiary/aromatic N) is 3. The maximum absolute atomic E-state index is 13.6. The third-order valence-corrected chi connectivity index (χ3v) is 5.79. The second-order valence-electron chi connectivity index (χ2n) is 7.53. The molecule has 1 aliphatic heterocycles. The molecule has 1 amide bonds. The number of aryl methyl sites for hydroxylation is 1. The minimum Gasteiger partial charge on any atom is -0.370 e. The van der Waals surface area contributed by atoms with Gasteiger partial charge in [-0.2, -0.15) is 5.26 Å². The third kappa shape index (κ3) is 3.94. The maximum atomic E-state index is 13.6. The van der Waals surface area contributed by atoms with Gasteiger partial charge in [-0.25, -0.2) is 4.39 Å². The van der Waals surface area contributed by atoms with Crippen molar-refractivity contribution in [2.45, 2.75) is 19.8 Å². The summed E-state index contributed by atoms with van der Waals surface area (Å²) in [7, 11) is 0. The molecule has 30 heavy (non-hydrogen) atoms. The monoisotopic (exact) mass is 422 g/mol. The average Bonchev–Trinajstić information content (AvgIpc) is 2.75. The molecule has 1 aromatic heterocycles. The van der Waals surface area contributed by atoms with E-state index in [9.17, 15) is 14.4 Å². The number of piperidine rings is 1. The van der Waals surface area contributed by atoms with Crippen LogP contribution in [0.5, 0.6) is 0 Å². The molecule has 1 saturated heterocycles. The normalized spacial score (nSPS) is 14.5. The summed E-state index contributed by atoms with van der Waals surface area (Å²) in [5.74, 6) is -0.874. The molecular weight excluding hydrogens is 403 g/mol.